The van der Waals surface area contributed by atoms with Crippen LogP contribution in [0.4, 0.5) is 0 Å². The fraction of sp³-hybridized carbons (Fsp3) is 0.400. The number of rotatable bonds is 6. The van der Waals surface area contributed by atoms with E-state index < -0.39 is 0 Å². The molecule has 0 aliphatic rings. The summed E-state index contributed by atoms with van der Waals surface area (Å²) >= 11 is 0. The van der Waals surface area contributed by atoms with Gasteiger partial charge in [-0.2, -0.15) is 0 Å². The first-order valence-corrected chi connectivity index (χ1v) is 6.97. The molecule has 0 saturated carbocycles. The van der Waals surface area contributed by atoms with Crippen molar-refractivity contribution in [2.45, 2.75) is 19.8 Å². The van der Waals surface area contributed by atoms with Gasteiger partial charge in [0, 0.05) is 25.5 Å². The summed E-state index contributed by atoms with van der Waals surface area (Å²) in [5, 5.41) is 0. The maximum absolute atomic E-state index is 12.7. The molecule has 2 N–H and O–H groups in total. The molecule has 1 heterocycles. The monoisotopic (exact) mass is 272 g/mol. The molecule has 2 aromatic rings. The van der Waals surface area contributed by atoms with Gasteiger partial charge in [0.15, 0.2) is 0 Å². The minimum Gasteiger partial charge on any atom is -0.339 e. The lowest BCUT2D eigenvalue weighted by Crippen LogP contribution is -2.33. The lowest BCUT2D eigenvalue weighted by Gasteiger charge is -2.22. The van der Waals surface area contributed by atoms with Crippen LogP contribution < -0.4 is 5.73 Å². The average molecular weight is 272 g/mol. The number of amides is 1. The van der Waals surface area contributed by atoms with E-state index in [0.29, 0.717) is 24.2 Å². The van der Waals surface area contributed by atoms with Crippen molar-refractivity contribution in [1.82, 2.24) is 14.9 Å². The van der Waals surface area contributed by atoms with E-state index in [-0.39, 0.29) is 5.91 Å². The summed E-state index contributed by atoms with van der Waals surface area (Å²) in [6, 6.07) is 5.52. The molecule has 0 spiro atoms. The molecule has 0 aliphatic heterocycles. The fourth-order valence-electron chi connectivity index (χ4n) is 2.20. The summed E-state index contributed by atoms with van der Waals surface area (Å²) in [5.74, 6) is 0.00593. The normalized spacial score (nSPS) is 10.7. The molecule has 1 aromatic heterocycles. The highest BCUT2D eigenvalue weighted by molar-refractivity contribution is 6.04. The molecule has 2 rings (SSSR count). The number of hydrogen-bond acceptors (Lipinski definition) is 4. The quantitative estimate of drug-likeness (QED) is 0.870. The van der Waals surface area contributed by atoms with Gasteiger partial charge in [0.1, 0.15) is 5.52 Å². The Morgan fingerprint density at radius 1 is 1.25 bits per heavy atom. The smallest absolute Gasteiger partial charge is 0.256 e. The fourth-order valence-corrected chi connectivity index (χ4v) is 2.20. The highest BCUT2D eigenvalue weighted by atomic mass is 16.2. The molecule has 1 aromatic carbocycles. The third kappa shape index (κ3) is 3.11. The van der Waals surface area contributed by atoms with Gasteiger partial charge in [0.2, 0.25) is 0 Å². The highest BCUT2D eigenvalue weighted by Gasteiger charge is 2.17. The zero-order chi connectivity index (χ0) is 14.4. The van der Waals surface area contributed by atoms with Gasteiger partial charge >= 0.3 is 0 Å². The summed E-state index contributed by atoms with van der Waals surface area (Å²) in [6.07, 6.45) is 4.98. The molecule has 1 amide bonds. The second-order valence-electron chi connectivity index (χ2n) is 4.66. The van der Waals surface area contributed by atoms with E-state index in [4.69, 9.17) is 5.73 Å². The maximum Gasteiger partial charge on any atom is 0.256 e. The van der Waals surface area contributed by atoms with Crippen LogP contribution in [0.3, 0.4) is 0 Å². The Hall–Kier alpha value is -2.01. The third-order valence-electron chi connectivity index (χ3n) is 3.14. The van der Waals surface area contributed by atoms with E-state index in [2.05, 4.69) is 16.9 Å². The number of aromatic nitrogens is 2. The zero-order valence-corrected chi connectivity index (χ0v) is 11.7. The molecule has 0 fully saturated rings. The van der Waals surface area contributed by atoms with Gasteiger partial charge < -0.3 is 10.6 Å². The lowest BCUT2D eigenvalue weighted by atomic mass is 10.1. The van der Waals surface area contributed by atoms with Gasteiger partial charge in [-0.25, -0.2) is 0 Å². The molecule has 5 heteroatoms. The van der Waals surface area contributed by atoms with E-state index in [9.17, 15) is 4.79 Å². The van der Waals surface area contributed by atoms with Gasteiger partial charge in [-0.3, -0.25) is 14.8 Å². The maximum atomic E-state index is 12.7. The van der Waals surface area contributed by atoms with E-state index >= 15 is 0 Å². The predicted octanol–water partition coefficient (Wildman–Crippen LogP) is 1.83. The summed E-state index contributed by atoms with van der Waals surface area (Å²) in [7, 11) is 0. The Morgan fingerprint density at radius 2 is 2.05 bits per heavy atom. The molecule has 0 unspecified atom stereocenters. The van der Waals surface area contributed by atoms with Gasteiger partial charge in [0.25, 0.3) is 5.91 Å². The number of benzene rings is 1. The Labute approximate surface area is 118 Å². The van der Waals surface area contributed by atoms with E-state index in [0.717, 1.165) is 24.9 Å². The van der Waals surface area contributed by atoms with Crippen molar-refractivity contribution < 1.29 is 4.79 Å². The summed E-state index contributed by atoms with van der Waals surface area (Å²) in [6.45, 7) is 4.06. The third-order valence-corrected chi connectivity index (χ3v) is 3.14. The molecule has 0 atom stereocenters. The van der Waals surface area contributed by atoms with Crippen molar-refractivity contribution in [3.63, 3.8) is 0 Å². The number of carbonyl (C=O) groups excluding carboxylic acids is 1. The Kier molecular flexibility index (Phi) is 5.01. The number of nitrogens with zero attached hydrogens (tertiary/aromatic N) is 3. The zero-order valence-electron chi connectivity index (χ0n) is 11.7. The summed E-state index contributed by atoms with van der Waals surface area (Å²) in [5.41, 5.74) is 7.56. The van der Waals surface area contributed by atoms with Crippen LogP contribution in [-0.2, 0) is 0 Å². The van der Waals surface area contributed by atoms with Crippen LogP contribution in [-0.4, -0.2) is 40.4 Å². The minimum absolute atomic E-state index is 0.00593. The SMILES string of the molecule is CCCN(CCCN)C(=O)c1cccc2nccnc12. The van der Waals surface area contributed by atoms with Crippen LogP contribution in [0.2, 0.25) is 0 Å². The molecular formula is C15H20N4O. The van der Waals surface area contributed by atoms with E-state index in [1.165, 1.54) is 0 Å². The predicted molar refractivity (Wildman–Crippen MR) is 79.4 cm³/mol. The Balaban J connectivity index is 2.33. The van der Waals surface area contributed by atoms with Crippen molar-refractivity contribution >= 4 is 16.9 Å². The molecule has 0 bridgehead atoms. The molecule has 5 nitrogen and oxygen atoms in total. The topological polar surface area (TPSA) is 72.1 Å². The Morgan fingerprint density at radius 3 is 2.80 bits per heavy atom. The van der Waals surface area contributed by atoms with Gasteiger partial charge in [-0.1, -0.05) is 13.0 Å². The highest BCUT2D eigenvalue weighted by Crippen LogP contribution is 2.16. The van der Waals surface area contributed by atoms with Crippen LogP contribution in [0.25, 0.3) is 11.0 Å². The minimum atomic E-state index is 0.00593. The second-order valence-corrected chi connectivity index (χ2v) is 4.66. The molecule has 106 valence electrons. The summed E-state index contributed by atoms with van der Waals surface area (Å²) in [4.78, 5) is 23.0. The number of para-hydroxylation sites is 1. The van der Waals surface area contributed by atoms with Crippen molar-refractivity contribution in [3.8, 4) is 0 Å². The Bertz CT molecular complexity index is 580. The van der Waals surface area contributed by atoms with Crippen molar-refractivity contribution in [2.24, 2.45) is 5.73 Å². The number of carbonyl (C=O) groups is 1. The van der Waals surface area contributed by atoms with Crippen LogP contribution in [0.15, 0.2) is 30.6 Å². The van der Waals surface area contributed by atoms with Crippen molar-refractivity contribution in [1.29, 1.82) is 0 Å². The molecule has 0 saturated heterocycles. The first-order chi connectivity index (χ1) is 9.77. The van der Waals surface area contributed by atoms with Crippen LogP contribution in [0.1, 0.15) is 30.1 Å². The first-order valence-electron chi connectivity index (χ1n) is 6.97. The molecule has 20 heavy (non-hydrogen) atoms. The lowest BCUT2D eigenvalue weighted by molar-refractivity contribution is 0.0756. The van der Waals surface area contributed by atoms with Crippen molar-refractivity contribution in [2.75, 3.05) is 19.6 Å². The first kappa shape index (κ1) is 14.4. The second kappa shape index (κ2) is 6.96. The molecule has 0 aliphatic carbocycles. The average Bonchev–Trinajstić information content (AvgIpc) is 2.50. The van der Waals surface area contributed by atoms with Gasteiger partial charge in [0.05, 0.1) is 11.1 Å². The number of nitrogens with two attached hydrogens (primary N) is 1. The van der Waals surface area contributed by atoms with Gasteiger partial charge in [-0.15, -0.1) is 0 Å². The van der Waals surface area contributed by atoms with E-state index in [1.54, 1.807) is 12.4 Å². The standard InChI is InChI=1S/C15H20N4O/c1-2-10-19(11-4-7-16)15(20)12-5-3-6-13-14(12)18-9-8-17-13/h3,5-6,8-9H,2,4,7,10-11,16H2,1H3. The van der Waals surface area contributed by atoms with Crippen molar-refractivity contribution in [3.05, 3.63) is 36.2 Å². The largest absolute Gasteiger partial charge is 0.339 e. The molecule has 0 radical (unpaired) electrons. The number of fused-ring (bicyclic) bond motifs is 1. The van der Waals surface area contributed by atoms with Crippen LogP contribution >= 0.6 is 0 Å². The van der Waals surface area contributed by atoms with Crippen LogP contribution in [0, 0.1) is 0 Å². The number of hydrogen-bond donors (Lipinski definition) is 1. The van der Waals surface area contributed by atoms with Gasteiger partial charge in [-0.05, 0) is 31.5 Å². The van der Waals surface area contributed by atoms with Crippen LogP contribution in [0.5, 0.6) is 0 Å². The summed E-state index contributed by atoms with van der Waals surface area (Å²) < 4.78 is 0. The molecular weight excluding hydrogens is 252 g/mol. The van der Waals surface area contributed by atoms with E-state index in [1.807, 2.05) is 23.1 Å².